The molecule has 12 heteroatoms. The van der Waals surface area contributed by atoms with Gasteiger partial charge in [-0.05, 0) is 54.3 Å². The summed E-state index contributed by atoms with van der Waals surface area (Å²) in [6.45, 7) is 5.49. The third-order valence-corrected chi connectivity index (χ3v) is 11.6. The number of ether oxygens (including phenoxy) is 4. The van der Waals surface area contributed by atoms with Crippen LogP contribution in [0.5, 0.6) is 0 Å². The third-order valence-electron chi connectivity index (χ3n) is 10.2. The molecule has 53 heavy (non-hydrogen) atoms. The van der Waals surface area contributed by atoms with Gasteiger partial charge in [0.15, 0.2) is 12.1 Å². The highest BCUT2D eigenvalue weighted by atomic mass is 32.2. The molecule has 3 fully saturated rings. The van der Waals surface area contributed by atoms with E-state index >= 15 is 0 Å². The van der Waals surface area contributed by atoms with Crippen molar-refractivity contribution in [3.05, 3.63) is 131 Å². The monoisotopic (exact) mass is 741 g/mol. The number of carbonyl (C=O) groups excluding carboxylic acids is 1. The van der Waals surface area contributed by atoms with E-state index in [-0.39, 0.29) is 30.1 Å². The van der Waals surface area contributed by atoms with Crippen molar-refractivity contribution >= 4 is 21.6 Å². The van der Waals surface area contributed by atoms with Gasteiger partial charge in [-0.3, -0.25) is 4.79 Å². The normalized spacial score (nSPS) is 22.4. The van der Waals surface area contributed by atoms with Crippen LogP contribution >= 0.6 is 0 Å². The maximum absolute atomic E-state index is 13.9. The number of aliphatic hydroxyl groups is 1. The van der Waals surface area contributed by atoms with E-state index in [2.05, 4.69) is 14.9 Å². The number of sulfonamides is 1. The summed E-state index contributed by atoms with van der Waals surface area (Å²) in [6.07, 6.45) is 1.25. The molecule has 4 atom stereocenters. The smallest absolute Gasteiger partial charge is 0.242 e. The minimum absolute atomic E-state index is 0.0395. The van der Waals surface area contributed by atoms with Crippen molar-refractivity contribution in [3.63, 3.8) is 0 Å². The number of benzene rings is 4. The first-order valence-corrected chi connectivity index (χ1v) is 19.7. The molecule has 0 aromatic heterocycles. The van der Waals surface area contributed by atoms with E-state index in [0.717, 1.165) is 53.7 Å². The summed E-state index contributed by atoms with van der Waals surface area (Å²) in [5, 5.41) is 12.6. The van der Waals surface area contributed by atoms with Crippen LogP contribution in [0.15, 0.2) is 108 Å². The van der Waals surface area contributed by atoms with Gasteiger partial charge < -0.3 is 34.3 Å². The Labute approximate surface area is 311 Å². The van der Waals surface area contributed by atoms with Crippen LogP contribution in [0.4, 0.5) is 5.69 Å². The average Bonchev–Trinajstić information content (AvgIpc) is 3.64. The molecule has 3 N–H and O–H groups in total. The zero-order valence-electron chi connectivity index (χ0n) is 29.9. The molecule has 4 aromatic carbocycles. The van der Waals surface area contributed by atoms with Gasteiger partial charge in [-0.1, -0.05) is 84.4 Å². The largest absolute Gasteiger partial charge is 0.392 e. The Bertz CT molecular complexity index is 1930. The van der Waals surface area contributed by atoms with Crippen molar-refractivity contribution in [2.24, 2.45) is 0 Å². The van der Waals surface area contributed by atoms with Crippen LogP contribution in [-0.4, -0.2) is 75.1 Å². The Balaban J connectivity index is 1.09. The Morgan fingerprint density at radius 3 is 2.28 bits per heavy atom. The number of aliphatic hydroxyl groups excluding tert-OH is 1. The Morgan fingerprint density at radius 1 is 0.868 bits per heavy atom. The first kappa shape index (κ1) is 37.3. The first-order chi connectivity index (χ1) is 25.7. The Hall–Kier alpha value is -3.98. The highest BCUT2D eigenvalue weighted by Gasteiger charge is 2.41. The van der Waals surface area contributed by atoms with E-state index in [1.807, 2.05) is 79.7 Å². The third kappa shape index (κ3) is 9.40. The fourth-order valence-corrected chi connectivity index (χ4v) is 8.38. The molecule has 3 aliphatic rings. The number of hydrogen-bond donors (Lipinski definition) is 3. The van der Waals surface area contributed by atoms with Gasteiger partial charge in [-0.15, -0.1) is 0 Å². The second-order valence-electron chi connectivity index (χ2n) is 14.0. The van der Waals surface area contributed by atoms with E-state index in [9.17, 15) is 18.3 Å². The topological polar surface area (TPSA) is 136 Å². The Morgan fingerprint density at radius 2 is 1.58 bits per heavy atom. The SMILES string of the molecule is Cc1ccc(S(=O)(=O)N[C@H](Cc2ccccc2)C(=O)Nc2cccc(C3O[C@H](CN4CCC5(CC4)OCCO5)C[C@H](c4ccc(CO)cc4)O3)c2)cc1. The van der Waals surface area contributed by atoms with E-state index < -0.39 is 34.0 Å². The molecule has 4 aromatic rings. The molecule has 3 heterocycles. The number of likely N-dealkylation sites (tertiary alicyclic amines) is 1. The van der Waals surface area contributed by atoms with Gasteiger partial charge in [0.1, 0.15) is 6.04 Å². The lowest BCUT2D eigenvalue weighted by molar-refractivity contribution is -0.255. The highest BCUT2D eigenvalue weighted by Crippen LogP contribution is 2.39. The fraction of sp³-hybridized carbons (Fsp3) is 0.390. The standard InChI is InChI=1S/C41H47N3O8S/c1-29-10-16-36(17-11-29)53(47,48)43-37(24-30-6-3-2-4-7-30)39(46)42-34-9-5-8-33(25-34)40-51-35(26-38(52-40)32-14-12-31(28-45)13-15-32)27-44-20-18-41(19-21-44)49-22-23-50-41/h2-17,25,35,37-38,40,43,45H,18-24,26-28H2,1H3,(H,42,46)/t35-,37+,38+,40?/m0/s1. The predicted molar refractivity (Wildman–Crippen MR) is 199 cm³/mol. The molecule has 1 unspecified atom stereocenters. The number of rotatable bonds is 12. The van der Waals surface area contributed by atoms with Crippen molar-refractivity contribution in [1.29, 1.82) is 0 Å². The molecule has 1 spiro atoms. The van der Waals surface area contributed by atoms with Crippen LogP contribution in [0.3, 0.4) is 0 Å². The van der Waals surface area contributed by atoms with Gasteiger partial charge in [0.2, 0.25) is 15.9 Å². The van der Waals surface area contributed by atoms with Crippen molar-refractivity contribution in [2.75, 3.05) is 38.2 Å². The minimum atomic E-state index is -4.00. The molecular formula is C41H47N3O8S. The summed E-state index contributed by atoms with van der Waals surface area (Å²) in [5.74, 6) is -0.956. The maximum Gasteiger partial charge on any atom is 0.242 e. The van der Waals surface area contributed by atoms with E-state index in [0.29, 0.717) is 31.9 Å². The number of carbonyl (C=O) groups is 1. The average molecular weight is 742 g/mol. The molecule has 0 aliphatic carbocycles. The lowest BCUT2D eigenvalue weighted by atomic mass is 9.98. The maximum atomic E-state index is 13.9. The lowest BCUT2D eigenvalue weighted by Crippen LogP contribution is -2.48. The second-order valence-corrected chi connectivity index (χ2v) is 15.8. The number of anilines is 1. The van der Waals surface area contributed by atoms with Crippen LogP contribution in [0, 0.1) is 6.92 Å². The number of aryl methyl sites for hydroxylation is 1. The molecule has 0 saturated carbocycles. The summed E-state index contributed by atoms with van der Waals surface area (Å²) in [6, 6.07) is 29.8. The highest BCUT2D eigenvalue weighted by molar-refractivity contribution is 7.89. The van der Waals surface area contributed by atoms with Crippen LogP contribution in [0.2, 0.25) is 0 Å². The van der Waals surface area contributed by atoms with E-state index in [1.165, 1.54) is 12.1 Å². The molecule has 3 aliphatic heterocycles. The number of hydrogen-bond acceptors (Lipinski definition) is 9. The molecule has 0 radical (unpaired) electrons. The summed E-state index contributed by atoms with van der Waals surface area (Å²) in [4.78, 5) is 16.4. The molecule has 7 rings (SSSR count). The van der Waals surface area contributed by atoms with Crippen molar-refractivity contribution < 1.29 is 37.3 Å². The van der Waals surface area contributed by atoms with Crippen LogP contribution in [0.1, 0.15) is 59.5 Å². The van der Waals surface area contributed by atoms with Crippen LogP contribution in [0.25, 0.3) is 0 Å². The fourth-order valence-electron chi connectivity index (χ4n) is 7.19. The summed E-state index contributed by atoms with van der Waals surface area (Å²) < 4.78 is 54.6. The minimum Gasteiger partial charge on any atom is -0.392 e. The molecule has 280 valence electrons. The van der Waals surface area contributed by atoms with Crippen molar-refractivity contribution in [2.45, 2.75) is 74.4 Å². The van der Waals surface area contributed by atoms with Gasteiger partial charge in [-0.2, -0.15) is 4.72 Å². The van der Waals surface area contributed by atoms with Crippen molar-refractivity contribution in [3.8, 4) is 0 Å². The number of nitrogens with zero attached hydrogens (tertiary/aromatic N) is 1. The number of nitrogens with one attached hydrogen (secondary N) is 2. The Kier molecular flexibility index (Phi) is 11.7. The summed E-state index contributed by atoms with van der Waals surface area (Å²) >= 11 is 0. The predicted octanol–water partition coefficient (Wildman–Crippen LogP) is 5.40. The van der Waals surface area contributed by atoms with Crippen LogP contribution in [-0.2, 0) is 46.8 Å². The van der Waals surface area contributed by atoms with Gasteiger partial charge in [-0.25, -0.2) is 8.42 Å². The molecule has 0 bridgehead atoms. The van der Waals surface area contributed by atoms with Gasteiger partial charge in [0.25, 0.3) is 0 Å². The van der Waals surface area contributed by atoms with E-state index in [1.54, 1.807) is 18.2 Å². The zero-order valence-corrected chi connectivity index (χ0v) is 30.7. The van der Waals surface area contributed by atoms with Gasteiger partial charge >= 0.3 is 0 Å². The van der Waals surface area contributed by atoms with E-state index in [4.69, 9.17) is 18.9 Å². The number of amides is 1. The van der Waals surface area contributed by atoms with Crippen LogP contribution < -0.4 is 10.0 Å². The summed E-state index contributed by atoms with van der Waals surface area (Å²) in [5.41, 5.74) is 4.75. The first-order valence-electron chi connectivity index (χ1n) is 18.2. The second kappa shape index (κ2) is 16.6. The van der Waals surface area contributed by atoms with Gasteiger partial charge in [0.05, 0.1) is 36.9 Å². The van der Waals surface area contributed by atoms with Crippen molar-refractivity contribution in [1.82, 2.24) is 9.62 Å². The quantitative estimate of drug-likeness (QED) is 0.175. The lowest BCUT2D eigenvalue weighted by Gasteiger charge is -2.41. The molecule has 3 saturated heterocycles. The molecule has 11 nitrogen and oxygen atoms in total. The number of piperidine rings is 1. The molecular weight excluding hydrogens is 695 g/mol. The zero-order chi connectivity index (χ0) is 36.8. The van der Waals surface area contributed by atoms with Gasteiger partial charge in [0, 0.05) is 50.1 Å². The summed E-state index contributed by atoms with van der Waals surface area (Å²) in [7, 11) is -4.00. The molecule has 1 amide bonds.